The average molecular weight is 385 g/mol. The molecule has 3 aromatic rings. The maximum Gasteiger partial charge on any atom is 0.266 e. The number of aryl methyl sites for hydroxylation is 3. The van der Waals surface area contributed by atoms with Gasteiger partial charge in [-0.25, -0.2) is 9.88 Å². The van der Waals surface area contributed by atoms with Crippen LogP contribution in [0.2, 0.25) is 0 Å². The highest BCUT2D eigenvalue weighted by molar-refractivity contribution is 6.35. The van der Waals surface area contributed by atoms with Crippen molar-refractivity contribution in [3.05, 3.63) is 88.1 Å². The summed E-state index contributed by atoms with van der Waals surface area (Å²) < 4.78 is 0. The minimum absolute atomic E-state index is 0.223. The van der Waals surface area contributed by atoms with E-state index < -0.39 is 11.8 Å². The van der Waals surface area contributed by atoms with E-state index in [4.69, 9.17) is 0 Å². The molecule has 1 aliphatic heterocycles. The van der Waals surface area contributed by atoms with E-state index >= 15 is 0 Å². The van der Waals surface area contributed by atoms with Crippen molar-refractivity contribution in [2.75, 3.05) is 10.2 Å². The molecule has 0 fully saturated rings. The van der Waals surface area contributed by atoms with Gasteiger partial charge in [0, 0.05) is 11.3 Å². The maximum atomic E-state index is 13.0. The second-order valence-electron chi connectivity index (χ2n) is 7.11. The monoisotopic (exact) mass is 385 g/mol. The lowest BCUT2D eigenvalue weighted by atomic mass is 10.1. The molecule has 0 unspecified atom stereocenters. The van der Waals surface area contributed by atoms with Crippen LogP contribution in [0.5, 0.6) is 0 Å². The SMILES string of the molecule is Cc1ccc(C)c(N2C(=O)c3ccc(C(=O)Nc4cccc(C)n4)cc3C2=O)c1. The minimum atomic E-state index is -0.429. The fourth-order valence-corrected chi connectivity index (χ4v) is 3.36. The molecule has 0 aliphatic carbocycles. The van der Waals surface area contributed by atoms with Crippen molar-refractivity contribution < 1.29 is 14.4 Å². The molecule has 29 heavy (non-hydrogen) atoms. The van der Waals surface area contributed by atoms with Crippen molar-refractivity contribution in [1.82, 2.24) is 4.98 Å². The van der Waals surface area contributed by atoms with Gasteiger partial charge in [0.2, 0.25) is 0 Å². The molecule has 4 rings (SSSR count). The number of nitrogens with zero attached hydrogens (tertiary/aromatic N) is 2. The highest BCUT2D eigenvalue weighted by Gasteiger charge is 2.37. The number of benzene rings is 2. The molecule has 0 saturated carbocycles. The van der Waals surface area contributed by atoms with Gasteiger partial charge >= 0.3 is 0 Å². The molecule has 0 atom stereocenters. The van der Waals surface area contributed by atoms with Gasteiger partial charge in [-0.3, -0.25) is 14.4 Å². The molecule has 0 saturated heterocycles. The zero-order chi connectivity index (χ0) is 20.7. The Bertz CT molecular complexity index is 1180. The zero-order valence-electron chi connectivity index (χ0n) is 16.3. The van der Waals surface area contributed by atoms with E-state index in [0.717, 1.165) is 16.8 Å². The fourth-order valence-electron chi connectivity index (χ4n) is 3.36. The van der Waals surface area contributed by atoms with Crippen LogP contribution < -0.4 is 10.2 Å². The van der Waals surface area contributed by atoms with E-state index in [-0.39, 0.29) is 17.0 Å². The second kappa shape index (κ2) is 6.98. The first-order valence-electron chi connectivity index (χ1n) is 9.20. The molecule has 0 spiro atoms. The summed E-state index contributed by atoms with van der Waals surface area (Å²) in [6.45, 7) is 5.59. The molecular weight excluding hydrogens is 366 g/mol. The predicted octanol–water partition coefficient (Wildman–Crippen LogP) is 4.06. The van der Waals surface area contributed by atoms with E-state index in [1.165, 1.54) is 17.0 Å². The highest BCUT2D eigenvalue weighted by Crippen LogP contribution is 2.31. The molecule has 1 aromatic heterocycles. The zero-order valence-corrected chi connectivity index (χ0v) is 16.3. The molecule has 6 nitrogen and oxygen atoms in total. The summed E-state index contributed by atoms with van der Waals surface area (Å²) in [4.78, 5) is 43.9. The molecule has 144 valence electrons. The number of imide groups is 1. The Kier molecular flexibility index (Phi) is 4.47. The summed E-state index contributed by atoms with van der Waals surface area (Å²) in [6.07, 6.45) is 0. The third kappa shape index (κ3) is 3.29. The number of hydrogen-bond acceptors (Lipinski definition) is 4. The summed E-state index contributed by atoms with van der Waals surface area (Å²) in [5, 5.41) is 2.72. The van der Waals surface area contributed by atoms with Crippen molar-refractivity contribution >= 4 is 29.2 Å². The highest BCUT2D eigenvalue weighted by atomic mass is 16.2. The largest absolute Gasteiger partial charge is 0.307 e. The number of hydrogen-bond donors (Lipinski definition) is 1. The molecule has 1 N–H and O–H groups in total. The maximum absolute atomic E-state index is 13.0. The van der Waals surface area contributed by atoms with Gasteiger partial charge in [0.15, 0.2) is 0 Å². The average Bonchev–Trinajstić information content (AvgIpc) is 2.94. The number of amides is 3. The summed E-state index contributed by atoms with van der Waals surface area (Å²) in [6, 6.07) is 15.5. The van der Waals surface area contributed by atoms with Gasteiger partial charge < -0.3 is 5.32 Å². The molecular formula is C23H19N3O3. The topological polar surface area (TPSA) is 79.4 Å². The first-order chi connectivity index (χ1) is 13.8. The van der Waals surface area contributed by atoms with Crippen LogP contribution in [-0.4, -0.2) is 22.7 Å². The van der Waals surface area contributed by atoms with Crippen molar-refractivity contribution in [3.63, 3.8) is 0 Å². The molecule has 0 bridgehead atoms. The predicted molar refractivity (Wildman–Crippen MR) is 110 cm³/mol. The smallest absolute Gasteiger partial charge is 0.266 e. The van der Waals surface area contributed by atoms with Gasteiger partial charge in [-0.05, 0) is 68.3 Å². The van der Waals surface area contributed by atoms with Gasteiger partial charge in [0.05, 0.1) is 16.8 Å². The number of fused-ring (bicyclic) bond motifs is 1. The molecule has 0 radical (unpaired) electrons. The van der Waals surface area contributed by atoms with Gasteiger partial charge in [-0.1, -0.05) is 18.2 Å². The summed E-state index contributed by atoms with van der Waals surface area (Å²) in [7, 11) is 0. The lowest BCUT2D eigenvalue weighted by molar-refractivity contribution is 0.0925. The van der Waals surface area contributed by atoms with Crippen LogP contribution >= 0.6 is 0 Å². The Morgan fingerprint density at radius 3 is 2.41 bits per heavy atom. The number of carbonyl (C=O) groups excluding carboxylic acids is 3. The van der Waals surface area contributed by atoms with Crippen LogP contribution in [-0.2, 0) is 0 Å². The molecule has 2 heterocycles. The van der Waals surface area contributed by atoms with Crippen LogP contribution in [0, 0.1) is 20.8 Å². The van der Waals surface area contributed by atoms with E-state index in [0.29, 0.717) is 17.1 Å². The summed E-state index contributed by atoms with van der Waals surface area (Å²) in [5.41, 5.74) is 3.92. The van der Waals surface area contributed by atoms with Crippen LogP contribution in [0.15, 0.2) is 54.6 Å². The third-order valence-electron chi connectivity index (χ3n) is 4.88. The van der Waals surface area contributed by atoms with Gasteiger partial charge in [-0.2, -0.15) is 0 Å². The Labute approximate surface area is 168 Å². The fraction of sp³-hybridized carbons (Fsp3) is 0.130. The lowest BCUT2D eigenvalue weighted by Crippen LogP contribution is -2.30. The molecule has 6 heteroatoms. The second-order valence-corrected chi connectivity index (χ2v) is 7.11. The lowest BCUT2D eigenvalue weighted by Gasteiger charge is -2.17. The standard InChI is InChI=1S/C23H19N3O3/c1-13-7-8-14(2)19(11-13)26-22(28)17-10-9-16(12-18(17)23(26)29)21(27)25-20-6-4-5-15(3)24-20/h4-12H,1-3H3,(H,24,25,27). The van der Waals surface area contributed by atoms with E-state index in [2.05, 4.69) is 10.3 Å². The number of carbonyl (C=O) groups is 3. The quantitative estimate of drug-likeness (QED) is 0.690. The Hall–Kier alpha value is -3.80. The summed E-state index contributed by atoms with van der Waals surface area (Å²) in [5.74, 6) is -0.778. The number of rotatable bonds is 3. The van der Waals surface area contributed by atoms with Gasteiger partial charge in [0.25, 0.3) is 17.7 Å². The Morgan fingerprint density at radius 1 is 0.897 bits per heavy atom. The number of anilines is 2. The van der Waals surface area contributed by atoms with Gasteiger partial charge in [-0.15, -0.1) is 0 Å². The number of nitrogens with one attached hydrogen (secondary N) is 1. The van der Waals surface area contributed by atoms with Crippen molar-refractivity contribution in [3.8, 4) is 0 Å². The van der Waals surface area contributed by atoms with E-state index in [1.807, 2.05) is 45.0 Å². The first-order valence-corrected chi connectivity index (χ1v) is 9.20. The van der Waals surface area contributed by atoms with Crippen LogP contribution in [0.25, 0.3) is 0 Å². The molecule has 2 aromatic carbocycles. The van der Waals surface area contributed by atoms with Gasteiger partial charge in [0.1, 0.15) is 5.82 Å². The molecule has 1 aliphatic rings. The van der Waals surface area contributed by atoms with Crippen LogP contribution in [0.3, 0.4) is 0 Å². The van der Waals surface area contributed by atoms with E-state index in [9.17, 15) is 14.4 Å². The van der Waals surface area contributed by atoms with E-state index in [1.54, 1.807) is 18.2 Å². The van der Waals surface area contributed by atoms with Crippen molar-refractivity contribution in [2.24, 2.45) is 0 Å². The number of aromatic nitrogens is 1. The van der Waals surface area contributed by atoms with Crippen LogP contribution in [0.4, 0.5) is 11.5 Å². The Morgan fingerprint density at radius 2 is 1.66 bits per heavy atom. The molecule has 3 amide bonds. The number of pyridine rings is 1. The summed E-state index contributed by atoms with van der Waals surface area (Å²) >= 11 is 0. The van der Waals surface area contributed by atoms with Crippen molar-refractivity contribution in [2.45, 2.75) is 20.8 Å². The Balaban J connectivity index is 1.66. The van der Waals surface area contributed by atoms with Crippen molar-refractivity contribution in [1.29, 1.82) is 0 Å². The normalized spacial score (nSPS) is 12.9. The third-order valence-corrected chi connectivity index (χ3v) is 4.88. The minimum Gasteiger partial charge on any atom is -0.307 e. The first kappa shape index (κ1) is 18.6. The van der Waals surface area contributed by atoms with Crippen LogP contribution in [0.1, 0.15) is 47.9 Å².